The Morgan fingerprint density at radius 1 is 1.29 bits per heavy atom. The van der Waals surface area contributed by atoms with Gasteiger partial charge in [-0.05, 0) is 30.5 Å². The van der Waals surface area contributed by atoms with E-state index in [-0.39, 0.29) is 5.69 Å². The van der Waals surface area contributed by atoms with Crippen LogP contribution in [0.1, 0.15) is 18.9 Å². The Kier molecular flexibility index (Phi) is 5.25. The van der Waals surface area contributed by atoms with Crippen molar-refractivity contribution in [1.29, 1.82) is 0 Å². The highest BCUT2D eigenvalue weighted by molar-refractivity contribution is 7.92. The lowest BCUT2D eigenvalue weighted by Gasteiger charge is -2.22. The number of benzene rings is 1. The van der Waals surface area contributed by atoms with Gasteiger partial charge in [0.2, 0.25) is 10.0 Å². The largest absolute Gasteiger partial charge is 0.389 e. The van der Waals surface area contributed by atoms with Crippen LogP contribution in [0.3, 0.4) is 0 Å². The first kappa shape index (κ1) is 17.7. The van der Waals surface area contributed by atoms with Crippen molar-refractivity contribution >= 4 is 15.7 Å². The van der Waals surface area contributed by atoms with Crippen molar-refractivity contribution in [2.45, 2.75) is 26.4 Å². The lowest BCUT2D eigenvalue weighted by Crippen LogP contribution is -2.32. The summed E-state index contributed by atoms with van der Waals surface area (Å²) in [5.41, 5.74) is 0.437. The molecule has 0 radical (unpaired) electrons. The first-order valence-corrected chi connectivity index (χ1v) is 7.83. The van der Waals surface area contributed by atoms with Crippen molar-refractivity contribution < 1.29 is 26.0 Å². The van der Waals surface area contributed by atoms with E-state index >= 15 is 0 Å². The van der Waals surface area contributed by atoms with E-state index in [2.05, 4.69) is 0 Å². The van der Waals surface area contributed by atoms with Gasteiger partial charge in [-0.1, -0.05) is 13.0 Å². The minimum absolute atomic E-state index is 0.0808. The second-order valence-electron chi connectivity index (χ2n) is 5.10. The summed E-state index contributed by atoms with van der Waals surface area (Å²) in [6.45, 7) is 2.74. The van der Waals surface area contributed by atoms with Crippen LogP contribution in [-0.4, -0.2) is 27.4 Å². The van der Waals surface area contributed by atoms with Gasteiger partial charge in [-0.2, -0.15) is 13.2 Å². The van der Waals surface area contributed by atoms with Gasteiger partial charge in [0, 0.05) is 13.5 Å². The summed E-state index contributed by atoms with van der Waals surface area (Å²) in [4.78, 5) is 0. The number of halogens is 4. The molecule has 0 aliphatic heterocycles. The maximum Gasteiger partial charge on any atom is 0.389 e. The molecule has 0 saturated carbocycles. The van der Waals surface area contributed by atoms with E-state index in [1.807, 2.05) is 0 Å². The molecule has 1 atom stereocenters. The molecule has 0 saturated heterocycles. The minimum atomic E-state index is -4.41. The van der Waals surface area contributed by atoms with Crippen LogP contribution in [0.4, 0.5) is 23.2 Å². The van der Waals surface area contributed by atoms with Gasteiger partial charge in [0.25, 0.3) is 0 Å². The van der Waals surface area contributed by atoms with Crippen molar-refractivity contribution in [3.63, 3.8) is 0 Å². The normalized spacial score (nSPS) is 14.0. The molecular formula is C13H17F4NO2S. The SMILES string of the molecule is Cc1ccc(N(C)S(=O)(=O)CC(C)CC(F)(F)F)cc1F. The standard InChI is InChI=1S/C13H17F4NO2S/c1-9(7-13(15,16)17)8-21(19,20)18(3)11-5-4-10(2)12(14)6-11/h4-6,9H,7-8H2,1-3H3. The van der Waals surface area contributed by atoms with Gasteiger partial charge in [-0.3, -0.25) is 4.31 Å². The summed E-state index contributed by atoms with van der Waals surface area (Å²) in [5.74, 6) is -2.30. The highest BCUT2D eigenvalue weighted by atomic mass is 32.2. The van der Waals surface area contributed by atoms with Gasteiger partial charge in [0.1, 0.15) is 5.82 Å². The average molecular weight is 327 g/mol. The molecule has 0 fully saturated rings. The molecule has 0 aliphatic carbocycles. The first-order valence-electron chi connectivity index (χ1n) is 6.22. The van der Waals surface area contributed by atoms with E-state index in [0.717, 1.165) is 10.4 Å². The third-order valence-corrected chi connectivity index (χ3v) is 5.05. The number of hydrogen-bond donors (Lipinski definition) is 0. The van der Waals surface area contributed by atoms with Crippen molar-refractivity contribution in [1.82, 2.24) is 0 Å². The molecule has 1 unspecified atom stereocenters. The van der Waals surface area contributed by atoms with E-state index in [0.29, 0.717) is 5.56 Å². The maximum absolute atomic E-state index is 13.4. The van der Waals surface area contributed by atoms with E-state index in [1.54, 1.807) is 0 Å². The van der Waals surface area contributed by atoms with Crippen molar-refractivity contribution in [3.8, 4) is 0 Å². The Bertz CT molecular complexity index is 599. The summed E-state index contributed by atoms with van der Waals surface area (Å²) in [7, 11) is -2.75. The van der Waals surface area contributed by atoms with Crippen LogP contribution in [0.2, 0.25) is 0 Å². The quantitative estimate of drug-likeness (QED) is 0.777. The van der Waals surface area contributed by atoms with Crippen LogP contribution in [0.15, 0.2) is 18.2 Å². The average Bonchev–Trinajstić information content (AvgIpc) is 2.28. The van der Waals surface area contributed by atoms with Crippen LogP contribution in [0.25, 0.3) is 0 Å². The lowest BCUT2D eigenvalue weighted by atomic mass is 10.1. The van der Waals surface area contributed by atoms with E-state index in [4.69, 9.17) is 0 Å². The van der Waals surface area contributed by atoms with E-state index < -0.39 is 40.1 Å². The summed E-state index contributed by atoms with van der Waals surface area (Å²) < 4.78 is 75.1. The van der Waals surface area contributed by atoms with Gasteiger partial charge in [0.15, 0.2) is 0 Å². The summed E-state index contributed by atoms with van der Waals surface area (Å²) in [6.07, 6.45) is -5.59. The van der Waals surface area contributed by atoms with Crippen molar-refractivity contribution in [2.24, 2.45) is 5.92 Å². The fraction of sp³-hybridized carbons (Fsp3) is 0.538. The first-order chi connectivity index (χ1) is 9.42. The number of sulfonamides is 1. The summed E-state index contributed by atoms with van der Waals surface area (Å²) in [5, 5.41) is 0. The van der Waals surface area contributed by atoms with Gasteiger partial charge in [-0.15, -0.1) is 0 Å². The zero-order chi connectivity index (χ0) is 16.4. The lowest BCUT2D eigenvalue weighted by molar-refractivity contribution is -0.141. The van der Waals surface area contributed by atoms with E-state index in [9.17, 15) is 26.0 Å². The van der Waals surface area contributed by atoms with Crippen LogP contribution in [-0.2, 0) is 10.0 Å². The van der Waals surface area contributed by atoms with Crippen molar-refractivity contribution in [2.75, 3.05) is 17.1 Å². The summed E-state index contributed by atoms with van der Waals surface area (Å²) >= 11 is 0. The molecule has 0 heterocycles. The second kappa shape index (κ2) is 6.21. The van der Waals surface area contributed by atoms with Gasteiger partial charge < -0.3 is 0 Å². The van der Waals surface area contributed by atoms with Gasteiger partial charge >= 0.3 is 6.18 Å². The van der Waals surface area contributed by atoms with Crippen LogP contribution in [0, 0.1) is 18.7 Å². The van der Waals surface area contributed by atoms with Gasteiger partial charge in [0.05, 0.1) is 11.4 Å². The molecule has 3 nitrogen and oxygen atoms in total. The van der Waals surface area contributed by atoms with E-state index in [1.165, 1.54) is 33.0 Å². The third kappa shape index (κ3) is 5.18. The molecule has 1 rings (SSSR count). The number of rotatable bonds is 5. The molecule has 8 heteroatoms. The molecule has 0 amide bonds. The molecule has 1 aromatic rings. The molecule has 120 valence electrons. The number of alkyl halides is 3. The Morgan fingerprint density at radius 2 is 1.86 bits per heavy atom. The van der Waals surface area contributed by atoms with Crippen LogP contribution in [0.5, 0.6) is 0 Å². The molecular weight excluding hydrogens is 310 g/mol. The highest BCUT2D eigenvalue weighted by Crippen LogP contribution is 2.27. The van der Waals surface area contributed by atoms with Crippen LogP contribution < -0.4 is 4.31 Å². The number of nitrogens with zero attached hydrogens (tertiary/aromatic N) is 1. The molecule has 0 aliphatic rings. The molecule has 21 heavy (non-hydrogen) atoms. The number of anilines is 1. The molecule has 1 aromatic carbocycles. The Labute approximate surface area is 121 Å². The topological polar surface area (TPSA) is 37.4 Å². The monoisotopic (exact) mass is 327 g/mol. The van der Waals surface area contributed by atoms with Crippen molar-refractivity contribution in [3.05, 3.63) is 29.6 Å². The molecule has 0 aromatic heterocycles. The number of aryl methyl sites for hydroxylation is 1. The Morgan fingerprint density at radius 3 is 2.33 bits per heavy atom. The molecule has 0 N–H and O–H groups in total. The molecule has 0 spiro atoms. The summed E-state index contributed by atoms with van der Waals surface area (Å²) in [6, 6.07) is 3.86. The Hall–Kier alpha value is -1.31. The van der Waals surface area contributed by atoms with Crippen LogP contribution >= 0.6 is 0 Å². The predicted octanol–water partition coefficient (Wildman–Crippen LogP) is 3.49. The molecule has 0 bridgehead atoms. The Balaban J connectivity index is 2.89. The third-order valence-electron chi connectivity index (χ3n) is 3.01. The predicted molar refractivity (Wildman–Crippen MR) is 73.2 cm³/mol. The fourth-order valence-corrected chi connectivity index (χ4v) is 3.36. The minimum Gasteiger partial charge on any atom is -0.273 e. The second-order valence-corrected chi connectivity index (χ2v) is 7.15. The zero-order valence-corrected chi connectivity index (χ0v) is 12.7. The van der Waals surface area contributed by atoms with Gasteiger partial charge in [-0.25, -0.2) is 12.8 Å². The zero-order valence-electron chi connectivity index (χ0n) is 11.9. The highest BCUT2D eigenvalue weighted by Gasteiger charge is 2.33. The maximum atomic E-state index is 13.4. The smallest absolute Gasteiger partial charge is 0.273 e. The number of hydrogen-bond acceptors (Lipinski definition) is 2. The fourth-order valence-electron chi connectivity index (χ4n) is 1.86.